The minimum Gasteiger partial charge on any atom is -0.495 e. The number of nitrogens with zero attached hydrogens (tertiary/aromatic N) is 2. The Balaban J connectivity index is 1.61. The molecule has 4 rings (SSSR count). The first-order valence-electron chi connectivity index (χ1n) is 8.78. The van der Waals surface area contributed by atoms with Crippen molar-refractivity contribution in [1.29, 1.82) is 0 Å². The van der Waals surface area contributed by atoms with E-state index in [4.69, 9.17) is 4.74 Å². The van der Waals surface area contributed by atoms with Crippen LogP contribution in [-0.2, 0) is 7.05 Å². The van der Waals surface area contributed by atoms with Crippen LogP contribution in [0.15, 0.2) is 73.1 Å². The molecule has 2 aromatic carbocycles. The Kier molecular flexibility index (Phi) is 4.95. The van der Waals surface area contributed by atoms with Crippen LogP contribution in [0.2, 0.25) is 0 Å². The number of methoxy groups -OCH3 is 1. The molecule has 1 amide bonds. The van der Waals surface area contributed by atoms with Crippen molar-refractivity contribution in [3.63, 3.8) is 0 Å². The summed E-state index contributed by atoms with van der Waals surface area (Å²) in [6, 6.07) is 19.5. The number of benzene rings is 2. The summed E-state index contributed by atoms with van der Waals surface area (Å²) in [4.78, 5) is 18.8. The Hall–Kier alpha value is -3.38. The Bertz CT molecular complexity index is 1120. The number of hydrogen-bond acceptors (Lipinski definition) is 4. The van der Waals surface area contributed by atoms with Crippen LogP contribution < -0.4 is 10.1 Å². The minimum atomic E-state index is -0.193. The molecule has 0 bridgehead atoms. The predicted molar refractivity (Wildman–Crippen MR) is 113 cm³/mol. The second-order valence-electron chi connectivity index (χ2n) is 6.27. The maximum Gasteiger partial charge on any atom is 0.269 e. The van der Waals surface area contributed by atoms with E-state index in [0.29, 0.717) is 16.3 Å². The summed E-state index contributed by atoms with van der Waals surface area (Å²) in [6.45, 7) is 0. The van der Waals surface area contributed by atoms with Crippen LogP contribution in [0.25, 0.3) is 21.8 Å². The summed E-state index contributed by atoms with van der Waals surface area (Å²) >= 11 is 1.42. The first kappa shape index (κ1) is 18.0. The standard InChI is InChI=1S/C22H19N3O2S/c1-25-12-11-23-21(25)16-9-6-10-17(13-16)24-22(26)20-18(27-2)14-19(28-20)15-7-4-3-5-8-15/h3-14H,1-2H3,(H,24,26). The average Bonchev–Trinajstić information content (AvgIpc) is 3.35. The summed E-state index contributed by atoms with van der Waals surface area (Å²) in [6.07, 6.45) is 3.64. The van der Waals surface area contributed by atoms with Crippen LogP contribution in [0.4, 0.5) is 5.69 Å². The molecule has 2 heterocycles. The monoisotopic (exact) mass is 389 g/mol. The maximum atomic E-state index is 12.9. The normalized spacial score (nSPS) is 10.6. The molecule has 140 valence electrons. The molecule has 0 fully saturated rings. The zero-order valence-electron chi connectivity index (χ0n) is 15.5. The van der Waals surface area contributed by atoms with Crippen molar-refractivity contribution in [3.05, 3.63) is 77.9 Å². The molecule has 0 aliphatic rings. The lowest BCUT2D eigenvalue weighted by atomic mass is 10.2. The average molecular weight is 389 g/mol. The number of carbonyl (C=O) groups excluding carboxylic acids is 1. The molecule has 0 saturated heterocycles. The predicted octanol–water partition coefficient (Wildman–Crippen LogP) is 5.08. The molecule has 0 atom stereocenters. The van der Waals surface area contributed by atoms with Gasteiger partial charge in [-0.25, -0.2) is 4.98 Å². The number of rotatable bonds is 5. The van der Waals surface area contributed by atoms with Gasteiger partial charge in [-0.2, -0.15) is 0 Å². The number of ether oxygens (including phenoxy) is 1. The van der Waals surface area contributed by atoms with Gasteiger partial charge in [-0.15, -0.1) is 11.3 Å². The Morgan fingerprint density at radius 1 is 1.07 bits per heavy atom. The molecular weight excluding hydrogens is 370 g/mol. The van der Waals surface area contributed by atoms with E-state index in [1.807, 2.05) is 78.5 Å². The Morgan fingerprint density at radius 3 is 2.57 bits per heavy atom. The van der Waals surface area contributed by atoms with E-state index in [2.05, 4.69) is 10.3 Å². The second kappa shape index (κ2) is 7.70. The Morgan fingerprint density at radius 2 is 1.86 bits per heavy atom. The summed E-state index contributed by atoms with van der Waals surface area (Å²) in [5, 5.41) is 2.97. The quantitative estimate of drug-likeness (QED) is 0.518. The van der Waals surface area contributed by atoms with Gasteiger partial charge in [-0.05, 0) is 23.8 Å². The van der Waals surface area contributed by atoms with Crippen molar-refractivity contribution in [3.8, 4) is 27.6 Å². The van der Waals surface area contributed by atoms with Crippen LogP contribution in [0.3, 0.4) is 0 Å². The number of aromatic nitrogens is 2. The summed E-state index contributed by atoms with van der Waals surface area (Å²) in [7, 11) is 3.52. The van der Waals surface area contributed by atoms with Crippen LogP contribution in [-0.4, -0.2) is 22.6 Å². The molecule has 0 spiro atoms. The van der Waals surface area contributed by atoms with Gasteiger partial charge in [0.05, 0.1) is 7.11 Å². The zero-order chi connectivity index (χ0) is 19.5. The third kappa shape index (κ3) is 3.54. The van der Waals surface area contributed by atoms with Crippen LogP contribution in [0, 0.1) is 0 Å². The van der Waals surface area contributed by atoms with E-state index < -0.39 is 0 Å². The van der Waals surface area contributed by atoms with Crippen molar-refractivity contribution >= 4 is 22.9 Å². The third-order valence-corrected chi connectivity index (χ3v) is 5.55. The number of amides is 1. The van der Waals surface area contributed by atoms with Gasteiger partial charge in [0.25, 0.3) is 5.91 Å². The van der Waals surface area contributed by atoms with Gasteiger partial charge in [0.2, 0.25) is 0 Å². The third-order valence-electron chi connectivity index (χ3n) is 4.38. The second-order valence-corrected chi connectivity index (χ2v) is 7.32. The van der Waals surface area contributed by atoms with Crippen molar-refractivity contribution in [2.75, 3.05) is 12.4 Å². The first-order chi connectivity index (χ1) is 13.7. The fourth-order valence-corrected chi connectivity index (χ4v) is 4.02. The van der Waals surface area contributed by atoms with Crippen molar-refractivity contribution in [1.82, 2.24) is 9.55 Å². The van der Waals surface area contributed by atoms with E-state index in [1.165, 1.54) is 11.3 Å². The molecule has 0 saturated carbocycles. The maximum absolute atomic E-state index is 12.9. The molecule has 1 N–H and O–H groups in total. The van der Waals surface area contributed by atoms with E-state index in [-0.39, 0.29) is 5.91 Å². The van der Waals surface area contributed by atoms with Crippen LogP contribution in [0.5, 0.6) is 5.75 Å². The lowest BCUT2D eigenvalue weighted by Crippen LogP contribution is -2.11. The lowest BCUT2D eigenvalue weighted by molar-refractivity contribution is 0.102. The highest BCUT2D eigenvalue weighted by Crippen LogP contribution is 2.36. The fourth-order valence-electron chi connectivity index (χ4n) is 3.00. The minimum absolute atomic E-state index is 0.193. The highest BCUT2D eigenvalue weighted by molar-refractivity contribution is 7.17. The molecule has 28 heavy (non-hydrogen) atoms. The number of imidazole rings is 1. The van der Waals surface area contributed by atoms with Gasteiger partial charge in [0.1, 0.15) is 16.5 Å². The van der Waals surface area contributed by atoms with Gasteiger partial charge >= 0.3 is 0 Å². The summed E-state index contributed by atoms with van der Waals surface area (Å²) < 4.78 is 7.38. The largest absolute Gasteiger partial charge is 0.495 e. The number of anilines is 1. The smallest absolute Gasteiger partial charge is 0.269 e. The van der Waals surface area contributed by atoms with E-state index >= 15 is 0 Å². The molecule has 0 aliphatic carbocycles. The van der Waals surface area contributed by atoms with Gasteiger partial charge in [-0.3, -0.25) is 4.79 Å². The molecular formula is C22H19N3O2S. The van der Waals surface area contributed by atoms with Gasteiger partial charge in [0, 0.05) is 35.6 Å². The molecule has 0 unspecified atom stereocenters. The fraction of sp³-hybridized carbons (Fsp3) is 0.0909. The molecule has 0 aliphatic heterocycles. The number of hydrogen-bond donors (Lipinski definition) is 1. The molecule has 4 aromatic rings. The topological polar surface area (TPSA) is 56.1 Å². The SMILES string of the molecule is COc1cc(-c2ccccc2)sc1C(=O)Nc1cccc(-c2nccn2C)c1. The molecule has 5 nitrogen and oxygen atoms in total. The van der Waals surface area contributed by atoms with Gasteiger partial charge in [0.15, 0.2) is 0 Å². The Labute approximate surface area is 167 Å². The lowest BCUT2D eigenvalue weighted by Gasteiger charge is -2.08. The number of nitrogens with one attached hydrogen (secondary N) is 1. The zero-order valence-corrected chi connectivity index (χ0v) is 16.4. The highest BCUT2D eigenvalue weighted by atomic mass is 32.1. The van der Waals surface area contributed by atoms with Crippen LogP contribution in [0.1, 0.15) is 9.67 Å². The van der Waals surface area contributed by atoms with E-state index in [0.717, 1.165) is 21.8 Å². The molecule has 2 aromatic heterocycles. The van der Waals surface area contributed by atoms with Crippen LogP contribution >= 0.6 is 11.3 Å². The molecule has 6 heteroatoms. The first-order valence-corrected chi connectivity index (χ1v) is 9.59. The number of aryl methyl sites for hydroxylation is 1. The van der Waals surface area contributed by atoms with Crippen molar-refractivity contribution in [2.45, 2.75) is 0 Å². The van der Waals surface area contributed by atoms with Gasteiger partial charge in [-0.1, -0.05) is 42.5 Å². The van der Waals surface area contributed by atoms with Gasteiger partial charge < -0.3 is 14.6 Å². The van der Waals surface area contributed by atoms with E-state index in [9.17, 15) is 4.79 Å². The van der Waals surface area contributed by atoms with E-state index in [1.54, 1.807) is 13.3 Å². The van der Waals surface area contributed by atoms with Crippen molar-refractivity contribution in [2.24, 2.45) is 7.05 Å². The highest BCUT2D eigenvalue weighted by Gasteiger charge is 2.18. The summed E-state index contributed by atoms with van der Waals surface area (Å²) in [5.41, 5.74) is 2.71. The number of carbonyl (C=O) groups is 1. The summed E-state index contributed by atoms with van der Waals surface area (Å²) in [5.74, 6) is 1.22. The van der Waals surface area contributed by atoms with Crippen molar-refractivity contribution < 1.29 is 9.53 Å². The number of thiophene rings is 1. The molecule has 0 radical (unpaired) electrons.